The molecule has 2 aromatic carbocycles. The summed E-state index contributed by atoms with van der Waals surface area (Å²) in [5.74, 6) is 1.37. The van der Waals surface area contributed by atoms with E-state index < -0.39 is 6.10 Å². The van der Waals surface area contributed by atoms with Crippen LogP contribution in [0.5, 0.6) is 11.6 Å². The second kappa shape index (κ2) is 10.7. The Morgan fingerprint density at radius 3 is 2.80 bits per heavy atom. The minimum Gasteiger partial charge on any atom is -0.494 e. The van der Waals surface area contributed by atoms with Gasteiger partial charge in [-0.3, -0.25) is 4.79 Å². The Hall–Kier alpha value is -4.28. The first-order valence-corrected chi connectivity index (χ1v) is 13.7. The van der Waals surface area contributed by atoms with Crippen molar-refractivity contribution in [2.45, 2.75) is 38.8 Å². The predicted molar refractivity (Wildman–Crippen MR) is 156 cm³/mol. The van der Waals surface area contributed by atoms with Gasteiger partial charge in [-0.05, 0) is 69.6 Å². The molecule has 1 fully saturated rings. The number of aromatic amines is 2. The molecule has 0 amide bonds. The molecule has 6 N–H and O–H groups in total. The van der Waals surface area contributed by atoms with E-state index >= 15 is 0 Å². The molecule has 0 saturated carbocycles. The van der Waals surface area contributed by atoms with Crippen LogP contribution in [0, 0.1) is 13.8 Å². The van der Waals surface area contributed by atoms with Crippen LogP contribution in [-0.4, -0.2) is 62.1 Å². The number of fused-ring (bicyclic) bond motifs is 2. The van der Waals surface area contributed by atoms with Crippen LogP contribution in [0.4, 0.5) is 5.69 Å². The first-order chi connectivity index (χ1) is 19.4. The van der Waals surface area contributed by atoms with Gasteiger partial charge in [0.25, 0.3) is 5.56 Å². The topological polar surface area (TPSA) is 140 Å². The van der Waals surface area contributed by atoms with E-state index in [9.17, 15) is 15.0 Å². The molecule has 4 heterocycles. The van der Waals surface area contributed by atoms with Crippen molar-refractivity contribution in [1.82, 2.24) is 24.8 Å². The number of aliphatic hydroxyl groups excluding tert-OH is 1. The largest absolute Gasteiger partial charge is 0.494 e. The maximum Gasteiger partial charge on any atom is 0.261 e. The number of nitrogens with zero attached hydrogens (tertiary/aromatic N) is 2. The third-order valence-electron chi connectivity index (χ3n) is 7.61. The molecule has 0 unspecified atom stereocenters. The fraction of sp³-hybridized carbons (Fsp3) is 0.333. The number of anilines is 1. The number of hydrogen-bond acceptors (Lipinski definition) is 7. The maximum absolute atomic E-state index is 12.9. The molecule has 1 aliphatic heterocycles. The number of pyridine rings is 1. The van der Waals surface area contributed by atoms with E-state index in [4.69, 9.17) is 9.72 Å². The van der Waals surface area contributed by atoms with Crippen LogP contribution in [0.3, 0.4) is 0 Å². The SMILES string of the molecule is Cc1ccc(OC[C@H](O)CNc2cc[nH]c(=O)c2-c2nc3cc4c(O)n(C5CCNCC5)cc4cc3[nH]2)c(C)c1. The van der Waals surface area contributed by atoms with Crippen molar-refractivity contribution >= 4 is 27.5 Å². The first kappa shape index (κ1) is 26.0. The zero-order valence-corrected chi connectivity index (χ0v) is 22.6. The lowest BCUT2D eigenvalue weighted by Crippen LogP contribution is -2.29. The maximum atomic E-state index is 12.9. The summed E-state index contributed by atoms with van der Waals surface area (Å²) in [5, 5.41) is 29.7. The third-order valence-corrected chi connectivity index (χ3v) is 7.61. The van der Waals surface area contributed by atoms with Gasteiger partial charge in [0.05, 0.1) is 16.7 Å². The lowest BCUT2D eigenvalue weighted by molar-refractivity contribution is 0.117. The van der Waals surface area contributed by atoms with Crippen molar-refractivity contribution in [3.63, 3.8) is 0 Å². The number of aromatic nitrogens is 4. The van der Waals surface area contributed by atoms with Crippen LogP contribution < -0.4 is 20.9 Å². The number of hydrogen-bond donors (Lipinski definition) is 6. The smallest absolute Gasteiger partial charge is 0.261 e. The fourth-order valence-corrected chi connectivity index (χ4v) is 5.50. The molecule has 0 radical (unpaired) electrons. The van der Waals surface area contributed by atoms with Crippen molar-refractivity contribution in [1.29, 1.82) is 0 Å². The molecule has 1 saturated heterocycles. The number of aliphatic hydroxyl groups is 1. The van der Waals surface area contributed by atoms with Gasteiger partial charge >= 0.3 is 0 Å². The summed E-state index contributed by atoms with van der Waals surface area (Å²) in [6, 6.07) is 11.7. The van der Waals surface area contributed by atoms with Gasteiger partial charge in [0.2, 0.25) is 0 Å². The fourth-order valence-electron chi connectivity index (χ4n) is 5.50. The number of ether oxygens (including phenoxy) is 1. The molecular formula is C30H34N6O4. The molecule has 10 heteroatoms. The second-order valence-corrected chi connectivity index (χ2v) is 10.6. The standard InChI is InChI=1S/C30H34N6O4/c1-17-3-4-26(18(2)11-17)40-16-21(37)14-33-23-7-10-32-29(38)27(23)28-34-24-12-19-15-36(20-5-8-31-9-6-20)30(39)22(19)13-25(24)35-28/h3-4,7,10-13,15,20-21,31,37,39H,5-6,8-9,14,16H2,1-2H3,(H,34,35)(H2,32,33,38)/t21-/m1/s1. The zero-order chi connectivity index (χ0) is 27.8. The number of rotatable bonds is 8. The quantitative estimate of drug-likeness (QED) is 0.174. The minimum absolute atomic E-state index is 0.108. The number of piperidine rings is 1. The number of H-pyrrole nitrogens is 2. The highest BCUT2D eigenvalue weighted by Crippen LogP contribution is 2.36. The summed E-state index contributed by atoms with van der Waals surface area (Å²) in [5.41, 5.74) is 4.15. The van der Waals surface area contributed by atoms with Crippen molar-refractivity contribution in [3.8, 4) is 23.0 Å². The van der Waals surface area contributed by atoms with Crippen LogP contribution in [-0.2, 0) is 0 Å². The Bertz CT molecular complexity index is 1730. The summed E-state index contributed by atoms with van der Waals surface area (Å²) < 4.78 is 7.77. The Morgan fingerprint density at radius 2 is 2.00 bits per heavy atom. The monoisotopic (exact) mass is 542 g/mol. The Balaban J connectivity index is 1.22. The molecular weight excluding hydrogens is 508 g/mol. The van der Waals surface area contributed by atoms with E-state index in [0.29, 0.717) is 22.6 Å². The molecule has 0 spiro atoms. The molecule has 1 aliphatic rings. The Morgan fingerprint density at radius 1 is 1.18 bits per heavy atom. The summed E-state index contributed by atoms with van der Waals surface area (Å²) in [7, 11) is 0. The summed E-state index contributed by atoms with van der Waals surface area (Å²) in [6.45, 7) is 6.15. The number of imidazole rings is 1. The molecule has 0 bridgehead atoms. The van der Waals surface area contributed by atoms with Crippen LogP contribution in [0.25, 0.3) is 33.2 Å². The highest BCUT2D eigenvalue weighted by atomic mass is 16.5. The lowest BCUT2D eigenvalue weighted by atomic mass is 10.1. The average Bonchev–Trinajstić information content (AvgIpc) is 3.50. The van der Waals surface area contributed by atoms with Gasteiger partial charge < -0.3 is 40.1 Å². The molecule has 10 nitrogen and oxygen atoms in total. The lowest BCUT2D eigenvalue weighted by Gasteiger charge is -2.24. The number of aromatic hydroxyl groups is 1. The zero-order valence-electron chi connectivity index (χ0n) is 22.6. The summed E-state index contributed by atoms with van der Waals surface area (Å²) in [4.78, 5) is 23.6. The van der Waals surface area contributed by atoms with E-state index in [2.05, 4.69) is 20.6 Å². The van der Waals surface area contributed by atoms with Gasteiger partial charge in [-0.15, -0.1) is 0 Å². The van der Waals surface area contributed by atoms with Crippen LogP contribution >= 0.6 is 0 Å². The van der Waals surface area contributed by atoms with Crippen molar-refractivity contribution < 1.29 is 14.9 Å². The highest BCUT2D eigenvalue weighted by molar-refractivity contribution is 5.99. The number of aryl methyl sites for hydroxylation is 2. The summed E-state index contributed by atoms with van der Waals surface area (Å²) >= 11 is 0. The van der Waals surface area contributed by atoms with Crippen molar-refractivity contribution in [3.05, 3.63) is 70.3 Å². The van der Waals surface area contributed by atoms with Crippen LogP contribution in [0.1, 0.15) is 30.0 Å². The van der Waals surface area contributed by atoms with E-state index in [0.717, 1.165) is 59.1 Å². The molecule has 40 heavy (non-hydrogen) atoms. The molecule has 0 aliphatic carbocycles. The van der Waals surface area contributed by atoms with E-state index in [1.807, 2.05) is 54.9 Å². The van der Waals surface area contributed by atoms with Gasteiger partial charge in [0.1, 0.15) is 29.8 Å². The normalized spacial score (nSPS) is 15.1. The molecule has 1 atom stereocenters. The number of nitrogens with one attached hydrogen (secondary N) is 4. The van der Waals surface area contributed by atoms with E-state index in [1.54, 1.807) is 12.3 Å². The summed E-state index contributed by atoms with van der Waals surface area (Å²) in [6.07, 6.45) is 4.68. The van der Waals surface area contributed by atoms with Crippen LogP contribution in [0.2, 0.25) is 0 Å². The Labute approximate surface area is 231 Å². The predicted octanol–water partition coefficient (Wildman–Crippen LogP) is 3.97. The molecule has 208 valence electrons. The van der Waals surface area contributed by atoms with Gasteiger partial charge in [-0.2, -0.15) is 0 Å². The Kier molecular flexibility index (Phi) is 6.95. The van der Waals surface area contributed by atoms with Crippen LogP contribution in [0.15, 0.2) is 53.6 Å². The van der Waals surface area contributed by atoms with Gasteiger partial charge in [-0.1, -0.05) is 17.7 Å². The highest BCUT2D eigenvalue weighted by Gasteiger charge is 2.21. The molecule has 6 rings (SSSR count). The van der Waals surface area contributed by atoms with E-state index in [1.165, 1.54) is 0 Å². The second-order valence-electron chi connectivity index (χ2n) is 10.6. The van der Waals surface area contributed by atoms with Crippen molar-refractivity contribution in [2.24, 2.45) is 0 Å². The molecule has 5 aromatic rings. The minimum atomic E-state index is -0.802. The third kappa shape index (κ3) is 5.03. The number of benzene rings is 2. The van der Waals surface area contributed by atoms with Gasteiger partial charge in [-0.25, -0.2) is 4.98 Å². The average molecular weight is 543 g/mol. The van der Waals surface area contributed by atoms with Crippen molar-refractivity contribution in [2.75, 3.05) is 31.6 Å². The molecule has 3 aromatic heterocycles. The van der Waals surface area contributed by atoms with Gasteiger partial charge in [0, 0.05) is 35.8 Å². The first-order valence-electron chi connectivity index (χ1n) is 13.7. The van der Waals surface area contributed by atoms with Gasteiger partial charge in [0.15, 0.2) is 5.88 Å². The van der Waals surface area contributed by atoms with E-state index in [-0.39, 0.29) is 30.6 Å².